The smallest absolute Gasteiger partial charge is 0.408 e. The van der Waals surface area contributed by atoms with Gasteiger partial charge in [0.15, 0.2) is 0 Å². The molecule has 1 unspecified atom stereocenters. The Labute approximate surface area is 199 Å². The number of likely N-dealkylation sites (tertiary alicyclic amines) is 1. The Morgan fingerprint density at radius 3 is 2.24 bits per heavy atom. The number of hydrogen-bond acceptors (Lipinski definition) is 4. The van der Waals surface area contributed by atoms with Crippen molar-refractivity contribution < 1.29 is 24.2 Å². The van der Waals surface area contributed by atoms with E-state index in [9.17, 15) is 19.5 Å². The molecule has 178 valence electrons. The maximum Gasteiger partial charge on any atom is 0.408 e. The van der Waals surface area contributed by atoms with Crippen LogP contribution in [0.15, 0.2) is 48.5 Å². The van der Waals surface area contributed by atoms with Crippen LogP contribution in [0.25, 0.3) is 11.1 Å². The van der Waals surface area contributed by atoms with Gasteiger partial charge in [-0.25, -0.2) is 9.59 Å². The Kier molecular flexibility index (Phi) is 5.38. The number of ether oxygens (including phenoxy) is 1. The van der Waals surface area contributed by atoms with E-state index in [0.717, 1.165) is 35.1 Å². The summed E-state index contributed by atoms with van der Waals surface area (Å²) in [5.41, 5.74) is 2.08. The lowest BCUT2D eigenvalue weighted by Crippen LogP contribution is -2.63. The summed E-state index contributed by atoms with van der Waals surface area (Å²) in [5.74, 6) is -1.46. The Morgan fingerprint density at radius 2 is 1.68 bits per heavy atom. The van der Waals surface area contributed by atoms with Crippen molar-refractivity contribution in [3.8, 4) is 11.1 Å². The van der Waals surface area contributed by atoms with Crippen LogP contribution in [-0.2, 0) is 14.3 Å². The van der Waals surface area contributed by atoms with Gasteiger partial charge in [-0.2, -0.15) is 0 Å². The van der Waals surface area contributed by atoms with Crippen LogP contribution in [0.3, 0.4) is 0 Å². The highest BCUT2D eigenvalue weighted by atomic mass is 16.5. The molecule has 0 spiro atoms. The SMILES string of the molecule is CC(NC(=O)OCC1c2ccccc2-c2ccccc21)(C(=O)N1CCC[C@@]1(C)C(=O)O)C1CC1. The van der Waals surface area contributed by atoms with Crippen molar-refractivity contribution in [2.75, 3.05) is 13.2 Å². The second kappa shape index (κ2) is 8.15. The molecule has 5 rings (SSSR count). The van der Waals surface area contributed by atoms with Gasteiger partial charge in [-0.3, -0.25) is 4.79 Å². The van der Waals surface area contributed by atoms with Crippen molar-refractivity contribution in [1.82, 2.24) is 10.2 Å². The van der Waals surface area contributed by atoms with E-state index in [-0.39, 0.29) is 24.3 Å². The quantitative estimate of drug-likeness (QED) is 0.672. The molecule has 2 N–H and O–H groups in total. The number of nitrogens with one attached hydrogen (secondary N) is 1. The molecular formula is C27H30N2O5. The van der Waals surface area contributed by atoms with Crippen LogP contribution in [0.2, 0.25) is 0 Å². The number of alkyl carbamates (subject to hydrolysis) is 1. The predicted molar refractivity (Wildman–Crippen MR) is 126 cm³/mol. The van der Waals surface area contributed by atoms with Gasteiger partial charge in [-0.15, -0.1) is 0 Å². The molecule has 7 heteroatoms. The Bertz CT molecular complexity index is 1110. The Hall–Kier alpha value is -3.35. The first-order valence-corrected chi connectivity index (χ1v) is 11.9. The highest BCUT2D eigenvalue weighted by Gasteiger charge is 2.56. The molecule has 34 heavy (non-hydrogen) atoms. The van der Waals surface area contributed by atoms with Crippen molar-refractivity contribution in [2.24, 2.45) is 5.92 Å². The molecule has 3 aliphatic rings. The molecule has 1 saturated heterocycles. The molecule has 7 nitrogen and oxygen atoms in total. The average Bonchev–Trinajstić information content (AvgIpc) is 3.54. The van der Waals surface area contributed by atoms with Gasteiger partial charge < -0.3 is 20.1 Å². The molecule has 1 heterocycles. The number of fused-ring (bicyclic) bond motifs is 3. The zero-order chi connectivity index (χ0) is 24.1. The Balaban J connectivity index is 1.32. The lowest BCUT2D eigenvalue weighted by Gasteiger charge is -2.39. The number of carbonyl (C=O) groups excluding carboxylic acids is 2. The van der Waals surface area contributed by atoms with Gasteiger partial charge >= 0.3 is 12.1 Å². The molecule has 2 aromatic carbocycles. The summed E-state index contributed by atoms with van der Waals surface area (Å²) in [6, 6.07) is 16.2. The lowest BCUT2D eigenvalue weighted by molar-refractivity contribution is -0.158. The number of aliphatic carboxylic acids is 1. The monoisotopic (exact) mass is 462 g/mol. The second-order valence-electron chi connectivity index (χ2n) is 10.1. The van der Waals surface area contributed by atoms with Gasteiger partial charge in [0.2, 0.25) is 5.91 Å². The van der Waals surface area contributed by atoms with E-state index >= 15 is 0 Å². The normalized spacial score (nSPS) is 23.1. The van der Waals surface area contributed by atoms with Crippen LogP contribution in [0.5, 0.6) is 0 Å². The maximum atomic E-state index is 13.6. The predicted octanol–water partition coefficient (Wildman–Crippen LogP) is 4.16. The lowest BCUT2D eigenvalue weighted by atomic mass is 9.91. The van der Waals surface area contributed by atoms with Crippen molar-refractivity contribution in [3.63, 3.8) is 0 Å². The van der Waals surface area contributed by atoms with Gasteiger partial charge in [-0.1, -0.05) is 48.5 Å². The van der Waals surface area contributed by atoms with E-state index in [2.05, 4.69) is 29.6 Å². The summed E-state index contributed by atoms with van der Waals surface area (Å²) in [5, 5.41) is 12.6. The minimum atomic E-state index is -1.25. The molecule has 1 aliphatic heterocycles. The van der Waals surface area contributed by atoms with E-state index in [1.54, 1.807) is 13.8 Å². The van der Waals surface area contributed by atoms with Crippen molar-refractivity contribution in [1.29, 1.82) is 0 Å². The maximum absolute atomic E-state index is 13.6. The molecule has 1 saturated carbocycles. The van der Waals surface area contributed by atoms with E-state index in [4.69, 9.17) is 4.74 Å². The number of carboxylic acid groups (broad SMARTS) is 1. The highest BCUT2D eigenvalue weighted by molar-refractivity contribution is 5.95. The number of carbonyl (C=O) groups is 3. The van der Waals surface area contributed by atoms with Crippen LogP contribution >= 0.6 is 0 Å². The largest absolute Gasteiger partial charge is 0.480 e. The van der Waals surface area contributed by atoms with Crippen molar-refractivity contribution >= 4 is 18.0 Å². The minimum absolute atomic E-state index is 0.0286. The van der Waals surface area contributed by atoms with Crippen molar-refractivity contribution in [2.45, 2.75) is 56.5 Å². The van der Waals surface area contributed by atoms with Crippen LogP contribution in [0.4, 0.5) is 4.79 Å². The van der Waals surface area contributed by atoms with Gasteiger partial charge in [0, 0.05) is 12.5 Å². The molecule has 0 radical (unpaired) electrons. The molecule has 0 bridgehead atoms. The highest BCUT2D eigenvalue weighted by Crippen LogP contribution is 2.45. The average molecular weight is 463 g/mol. The van der Waals surface area contributed by atoms with Crippen LogP contribution in [0, 0.1) is 5.92 Å². The van der Waals surface area contributed by atoms with E-state index in [1.165, 1.54) is 4.90 Å². The fourth-order valence-corrected chi connectivity index (χ4v) is 5.63. The topological polar surface area (TPSA) is 95.9 Å². The standard InChI is InChI=1S/C27H30N2O5/c1-26(24(31)32)14-7-15-29(26)23(30)27(2,17-12-13-17)28-25(33)34-16-22-20-10-5-3-8-18(20)19-9-4-6-11-21(19)22/h3-6,8-11,17,22H,7,12-16H2,1-2H3,(H,28,33)(H,31,32)/t26-,27?/m0/s1. The minimum Gasteiger partial charge on any atom is -0.480 e. The molecule has 2 aliphatic carbocycles. The number of amides is 2. The van der Waals surface area contributed by atoms with Gasteiger partial charge in [-0.05, 0) is 67.7 Å². The summed E-state index contributed by atoms with van der Waals surface area (Å²) in [6.07, 6.45) is 1.99. The molecule has 2 amide bonds. The fraction of sp³-hybridized carbons (Fsp3) is 0.444. The summed E-state index contributed by atoms with van der Waals surface area (Å²) < 4.78 is 5.69. The van der Waals surface area contributed by atoms with Crippen LogP contribution in [0.1, 0.15) is 56.6 Å². The third-order valence-corrected chi connectivity index (χ3v) is 7.89. The first-order valence-electron chi connectivity index (χ1n) is 11.9. The van der Waals surface area contributed by atoms with Crippen molar-refractivity contribution in [3.05, 3.63) is 59.7 Å². The number of rotatable bonds is 6. The summed E-state index contributed by atoms with van der Waals surface area (Å²) >= 11 is 0. The van der Waals surface area contributed by atoms with Gasteiger partial charge in [0.1, 0.15) is 17.7 Å². The summed E-state index contributed by atoms with van der Waals surface area (Å²) in [4.78, 5) is 39.9. The molecule has 2 atom stereocenters. The Morgan fingerprint density at radius 1 is 1.09 bits per heavy atom. The van der Waals surface area contributed by atoms with Crippen LogP contribution in [-0.4, -0.2) is 52.2 Å². The van der Waals surface area contributed by atoms with Gasteiger partial charge in [0.05, 0.1) is 0 Å². The molecule has 2 fully saturated rings. The third kappa shape index (κ3) is 3.54. The third-order valence-electron chi connectivity index (χ3n) is 7.89. The summed E-state index contributed by atoms with van der Waals surface area (Å²) in [6.45, 7) is 3.82. The first kappa shape index (κ1) is 22.4. The van der Waals surface area contributed by atoms with E-state index < -0.39 is 23.1 Å². The zero-order valence-corrected chi connectivity index (χ0v) is 19.5. The van der Waals surface area contributed by atoms with Gasteiger partial charge in [0.25, 0.3) is 0 Å². The number of carboxylic acids is 1. The summed E-state index contributed by atoms with van der Waals surface area (Å²) in [7, 11) is 0. The number of hydrogen-bond donors (Lipinski definition) is 2. The second-order valence-corrected chi connectivity index (χ2v) is 10.1. The number of benzene rings is 2. The van der Waals surface area contributed by atoms with E-state index in [0.29, 0.717) is 19.4 Å². The molecular weight excluding hydrogens is 432 g/mol. The van der Waals surface area contributed by atoms with Crippen LogP contribution < -0.4 is 5.32 Å². The molecule has 2 aromatic rings. The number of nitrogens with zero attached hydrogens (tertiary/aromatic N) is 1. The fourth-order valence-electron chi connectivity index (χ4n) is 5.63. The van der Waals surface area contributed by atoms with E-state index in [1.807, 2.05) is 24.3 Å². The first-order chi connectivity index (χ1) is 16.3. The molecule has 0 aromatic heterocycles. The zero-order valence-electron chi connectivity index (χ0n) is 19.5.